The summed E-state index contributed by atoms with van der Waals surface area (Å²) in [5.41, 5.74) is 2.74. The van der Waals surface area contributed by atoms with Gasteiger partial charge in [-0.15, -0.1) is 5.10 Å². The molecule has 4 aromatic rings. The summed E-state index contributed by atoms with van der Waals surface area (Å²) in [6.45, 7) is 3.94. The number of benzene rings is 2. The lowest BCUT2D eigenvalue weighted by molar-refractivity contribution is 0.312. The summed E-state index contributed by atoms with van der Waals surface area (Å²) in [5, 5.41) is 9.66. The third kappa shape index (κ3) is 3.10. The van der Waals surface area contributed by atoms with Gasteiger partial charge in [0.1, 0.15) is 11.5 Å². The summed E-state index contributed by atoms with van der Waals surface area (Å²) >= 11 is 0. The Hall–Kier alpha value is -3.32. The van der Waals surface area contributed by atoms with Gasteiger partial charge in [-0.2, -0.15) is 9.67 Å². The fourth-order valence-corrected chi connectivity index (χ4v) is 3.51. The molecule has 7 heteroatoms. The lowest BCUT2D eigenvalue weighted by atomic mass is 10.2. The first-order chi connectivity index (χ1) is 13.8. The number of hydrogen-bond acceptors (Lipinski definition) is 6. The van der Waals surface area contributed by atoms with E-state index in [1.807, 2.05) is 54.7 Å². The van der Waals surface area contributed by atoms with Gasteiger partial charge in [-0.3, -0.25) is 0 Å². The maximum Gasteiger partial charge on any atom is 0.254 e. The minimum absolute atomic E-state index is 0.544. The van der Waals surface area contributed by atoms with Crippen LogP contribution in [0.15, 0.2) is 60.8 Å². The summed E-state index contributed by atoms with van der Waals surface area (Å²) in [4.78, 5) is 14.3. The Balaban J connectivity index is 1.58. The second-order valence-electron chi connectivity index (χ2n) is 7.07. The van der Waals surface area contributed by atoms with E-state index in [1.54, 1.807) is 4.68 Å². The Morgan fingerprint density at radius 3 is 2.39 bits per heavy atom. The van der Waals surface area contributed by atoms with Crippen LogP contribution in [0.4, 0.5) is 5.82 Å². The van der Waals surface area contributed by atoms with Crippen molar-refractivity contribution >= 4 is 16.7 Å². The van der Waals surface area contributed by atoms with E-state index in [0.717, 1.165) is 54.2 Å². The van der Waals surface area contributed by atoms with Gasteiger partial charge in [0.15, 0.2) is 0 Å². The summed E-state index contributed by atoms with van der Waals surface area (Å²) in [6.07, 6.45) is 1.88. The fraction of sp³-hybridized carbons (Fsp3) is 0.238. The van der Waals surface area contributed by atoms with Crippen molar-refractivity contribution in [3.8, 4) is 17.2 Å². The SMILES string of the molecule is CN1CCN(c2nc(-n3cc(-c4ccccc4)nn3)nc3ccccc23)CC1. The van der Waals surface area contributed by atoms with Crippen LogP contribution in [0.2, 0.25) is 0 Å². The molecule has 0 saturated carbocycles. The Labute approximate surface area is 163 Å². The van der Waals surface area contributed by atoms with Crippen LogP contribution in [0.5, 0.6) is 0 Å². The summed E-state index contributed by atoms with van der Waals surface area (Å²) in [7, 11) is 2.15. The largest absolute Gasteiger partial charge is 0.353 e. The molecule has 5 rings (SSSR count). The molecule has 0 N–H and O–H groups in total. The molecule has 2 aromatic carbocycles. The standard InChI is InChI=1S/C21H21N7/c1-26-11-13-27(14-12-26)20-17-9-5-6-10-18(17)22-21(23-20)28-15-19(24-25-28)16-7-3-2-4-8-16/h2-10,15H,11-14H2,1H3. The highest BCUT2D eigenvalue weighted by Crippen LogP contribution is 2.26. The number of aromatic nitrogens is 5. The van der Waals surface area contributed by atoms with Gasteiger partial charge in [-0.25, -0.2) is 4.98 Å². The average molecular weight is 371 g/mol. The molecule has 1 fully saturated rings. The molecular weight excluding hydrogens is 350 g/mol. The smallest absolute Gasteiger partial charge is 0.254 e. The highest BCUT2D eigenvalue weighted by molar-refractivity contribution is 5.90. The van der Waals surface area contributed by atoms with Crippen LogP contribution < -0.4 is 4.90 Å². The quantitative estimate of drug-likeness (QED) is 0.552. The molecule has 0 amide bonds. The zero-order valence-corrected chi connectivity index (χ0v) is 15.7. The van der Waals surface area contributed by atoms with Crippen LogP contribution in [-0.4, -0.2) is 63.1 Å². The van der Waals surface area contributed by atoms with Crippen LogP contribution in [0.25, 0.3) is 28.1 Å². The third-order valence-corrected chi connectivity index (χ3v) is 5.14. The number of fused-ring (bicyclic) bond motifs is 1. The Morgan fingerprint density at radius 2 is 1.57 bits per heavy atom. The molecule has 3 heterocycles. The highest BCUT2D eigenvalue weighted by atomic mass is 15.5. The average Bonchev–Trinajstić information content (AvgIpc) is 3.25. The topological polar surface area (TPSA) is 63.0 Å². The number of likely N-dealkylation sites (N-methyl/N-ethyl adjacent to an activating group) is 1. The van der Waals surface area contributed by atoms with Gasteiger partial charge in [0, 0.05) is 37.1 Å². The van der Waals surface area contributed by atoms with E-state index >= 15 is 0 Å². The number of hydrogen-bond donors (Lipinski definition) is 0. The monoisotopic (exact) mass is 371 g/mol. The molecule has 0 atom stereocenters. The predicted octanol–water partition coefficient (Wildman–Crippen LogP) is 2.63. The Kier molecular flexibility index (Phi) is 4.21. The minimum Gasteiger partial charge on any atom is -0.353 e. The molecule has 0 radical (unpaired) electrons. The van der Waals surface area contributed by atoms with Gasteiger partial charge >= 0.3 is 0 Å². The van der Waals surface area contributed by atoms with Crippen LogP contribution in [0.3, 0.4) is 0 Å². The van der Waals surface area contributed by atoms with E-state index in [0.29, 0.717) is 5.95 Å². The molecule has 140 valence electrons. The summed E-state index contributed by atoms with van der Waals surface area (Å²) in [6, 6.07) is 18.2. The van der Waals surface area contributed by atoms with Crippen molar-refractivity contribution < 1.29 is 0 Å². The van der Waals surface area contributed by atoms with Gasteiger partial charge in [0.05, 0.1) is 11.7 Å². The molecule has 0 spiro atoms. The first-order valence-electron chi connectivity index (χ1n) is 9.46. The number of nitrogens with zero attached hydrogens (tertiary/aromatic N) is 7. The maximum absolute atomic E-state index is 4.88. The minimum atomic E-state index is 0.544. The third-order valence-electron chi connectivity index (χ3n) is 5.14. The van der Waals surface area contributed by atoms with Crippen molar-refractivity contribution in [1.82, 2.24) is 29.9 Å². The molecule has 1 saturated heterocycles. The summed E-state index contributed by atoms with van der Waals surface area (Å²) < 4.78 is 1.66. The van der Waals surface area contributed by atoms with E-state index in [1.165, 1.54) is 0 Å². The van der Waals surface area contributed by atoms with Crippen LogP contribution >= 0.6 is 0 Å². The lowest BCUT2D eigenvalue weighted by Crippen LogP contribution is -2.45. The molecule has 0 aliphatic carbocycles. The van der Waals surface area contributed by atoms with Crippen LogP contribution in [-0.2, 0) is 0 Å². The number of piperazine rings is 1. The van der Waals surface area contributed by atoms with Crippen molar-refractivity contribution in [2.45, 2.75) is 0 Å². The van der Waals surface area contributed by atoms with Crippen molar-refractivity contribution in [3.05, 3.63) is 60.8 Å². The van der Waals surface area contributed by atoms with E-state index in [2.05, 4.69) is 33.2 Å². The number of para-hydroxylation sites is 1. The van der Waals surface area contributed by atoms with Crippen molar-refractivity contribution in [2.24, 2.45) is 0 Å². The van der Waals surface area contributed by atoms with Crippen molar-refractivity contribution in [3.63, 3.8) is 0 Å². The zero-order valence-electron chi connectivity index (χ0n) is 15.7. The molecular formula is C21H21N7. The molecule has 7 nitrogen and oxygen atoms in total. The molecule has 2 aromatic heterocycles. The number of rotatable bonds is 3. The predicted molar refractivity (Wildman–Crippen MR) is 110 cm³/mol. The van der Waals surface area contributed by atoms with Crippen LogP contribution in [0.1, 0.15) is 0 Å². The first kappa shape index (κ1) is 16.8. The zero-order chi connectivity index (χ0) is 18.9. The number of anilines is 1. The van der Waals surface area contributed by atoms with E-state index < -0.39 is 0 Å². The first-order valence-corrected chi connectivity index (χ1v) is 9.46. The lowest BCUT2D eigenvalue weighted by Gasteiger charge is -2.33. The Morgan fingerprint density at radius 1 is 0.821 bits per heavy atom. The van der Waals surface area contributed by atoms with Crippen LogP contribution in [0, 0.1) is 0 Å². The second kappa shape index (κ2) is 7.01. The van der Waals surface area contributed by atoms with Gasteiger partial charge < -0.3 is 9.80 Å². The fourth-order valence-electron chi connectivity index (χ4n) is 3.51. The molecule has 1 aliphatic rings. The highest BCUT2D eigenvalue weighted by Gasteiger charge is 2.20. The molecule has 0 unspecified atom stereocenters. The van der Waals surface area contributed by atoms with Crippen molar-refractivity contribution in [2.75, 3.05) is 38.1 Å². The second-order valence-corrected chi connectivity index (χ2v) is 7.07. The van der Waals surface area contributed by atoms with E-state index in [-0.39, 0.29) is 0 Å². The van der Waals surface area contributed by atoms with E-state index in [9.17, 15) is 0 Å². The van der Waals surface area contributed by atoms with Gasteiger partial charge in [-0.05, 0) is 19.2 Å². The Bertz CT molecular complexity index is 1100. The normalized spacial score (nSPS) is 15.2. The van der Waals surface area contributed by atoms with Gasteiger partial charge in [-0.1, -0.05) is 47.7 Å². The maximum atomic E-state index is 4.88. The van der Waals surface area contributed by atoms with E-state index in [4.69, 9.17) is 9.97 Å². The van der Waals surface area contributed by atoms with Crippen molar-refractivity contribution in [1.29, 1.82) is 0 Å². The molecule has 0 bridgehead atoms. The summed E-state index contributed by atoms with van der Waals surface area (Å²) in [5.74, 6) is 1.51. The molecule has 1 aliphatic heterocycles. The van der Waals surface area contributed by atoms with Gasteiger partial charge in [0.2, 0.25) is 0 Å². The van der Waals surface area contributed by atoms with Gasteiger partial charge in [0.25, 0.3) is 5.95 Å². The molecule has 28 heavy (non-hydrogen) atoms.